The molecule has 1 aromatic rings. The molecule has 0 radical (unpaired) electrons. The van der Waals surface area contributed by atoms with E-state index in [1.54, 1.807) is 0 Å². The molecule has 1 amide bonds. The highest BCUT2D eigenvalue weighted by Gasteiger charge is 2.68. The number of carbonyl (C=O) groups excluding carboxylic acids is 2. The lowest BCUT2D eigenvalue weighted by molar-refractivity contribution is -0.166. The van der Waals surface area contributed by atoms with Crippen molar-refractivity contribution in [3.8, 4) is 0 Å². The topological polar surface area (TPSA) is 75.6 Å². The molecule has 1 aliphatic heterocycles. The molecule has 1 aromatic carbocycles. The summed E-state index contributed by atoms with van der Waals surface area (Å²) in [6.45, 7) is 12.1. The third-order valence-corrected chi connectivity index (χ3v) is 8.42. The molecule has 1 saturated carbocycles. The molecule has 9 atom stereocenters. The molecule has 2 aliphatic carbocycles. The van der Waals surface area contributed by atoms with Crippen molar-refractivity contribution in [2.75, 3.05) is 0 Å². The van der Waals surface area contributed by atoms with Crippen molar-refractivity contribution in [3.05, 3.63) is 72.4 Å². The fourth-order valence-electron chi connectivity index (χ4n) is 6.85. The monoisotopic (exact) mass is 477 g/mol. The fraction of sp³-hybridized carbons (Fsp3) is 0.533. The Bertz CT molecular complexity index is 1010. The number of aliphatic hydroxyl groups excluding tert-OH is 1. The van der Waals surface area contributed by atoms with E-state index in [-0.39, 0.29) is 29.7 Å². The van der Waals surface area contributed by atoms with Crippen molar-refractivity contribution in [1.82, 2.24) is 5.32 Å². The van der Waals surface area contributed by atoms with Gasteiger partial charge in [0.1, 0.15) is 11.5 Å². The zero-order chi connectivity index (χ0) is 25.3. The lowest BCUT2D eigenvalue weighted by Gasteiger charge is -2.52. The van der Waals surface area contributed by atoms with E-state index < -0.39 is 29.5 Å². The summed E-state index contributed by atoms with van der Waals surface area (Å²) in [5.74, 6) is -0.767. The van der Waals surface area contributed by atoms with E-state index in [4.69, 9.17) is 4.74 Å². The van der Waals surface area contributed by atoms with Crippen molar-refractivity contribution in [2.24, 2.45) is 35.0 Å². The van der Waals surface area contributed by atoms with Gasteiger partial charge in [-0.15, -0.1) is 0 Å². The third-order valence-electron chi connectivity index (χ3n) is 8.42. The molecule has 1 saturated heterocycles. The maximum absolute atomic E-state index is 14.1. The van der Waals surface area contributed by atoms with Crippen LogP contribution in [0.2, 0.25) is 0 Å². The van der Waals surface area contributed by atoms with Gasteiger partial charge in [0, 0.05) is 24.8 Å². The van der Waals surface area contributed by atoms with Crippen LogP contribution in [0.3, 0.4) is 0 Å². The van der Waals surface area contributed by atoms with E-state index in [0.717, 1.165) is 24.0 Å². The Kier molecular flexibility index (Phi) is 7.37. The maximum Gasteiger partial charge on any atom is 0.303 e. The summed E-state index contributed by atoms with van der Waals surface area (Å²) in [4.78, 5) is 26.5. The number of hydrogen-bond donors (Lipinski definition) is 2. The smallest absolute Gasteiger partial charge is 0.303 e. The number of carbonyl (C=O) groups is 2. The minimum absolute atomic E-state index is 0.143. The standard InChI is InChI=1S/C30H39NO4/c1-18-10-9-13-24-28(33)21(4)20(3)27-25(17-23-11-7-6-8-12-23)31-29(34)30(24,27)26(35-22(5)32)15-14-19(2)16-18/h6-9,11-15,18-20,24-28,33H,4,10,16-17H2,1-3,5H3,(H,31,34)/b13-9+,15-14-/t18-,19+,20+,24-,25-,26+,27-,28+,30+/m0/s1. The minimum Gasteiger partial charge on any atom is -0.457 e. The van der Waals surface area contributed by atoms with Gasteiger partial charge < -0.3 is 15.2 Å². The molecule has 4 rings (SSSR count). The molecule has 5 nitrogen and oxygen atoms in total. The van der Waals surface area contributed by atoms with Crippen LogP contribution in [0.4, 0.5) is 0 Å². The molecule has 5 heteroatoms. The Labute approximate surface area is 209 Å². The number of esters is 1. The van der Waals surface area contributed by atoms with Gasteiger partial charge >= 0.3 is 5.97 Å². The van der Waals surface area contributed by atoms with E-state index in [1.165, 1.54) is 6.92 Å². The summed E-state index contributed by atoms with van der Waals surface area (Å²) < 4.78 is 5.95. The van der Waals surface area contributed by atoms with Crippen molar-refractivity contribution < 1.29 is 19.4 Å². The molecule has 1 heterocycles. The van der Waals surface area contributed by atoms with Crippen LogP contribution in [0.5, 0.6) is 0 Å². The summed E-state index contributed by atoms with van der Waals surface area (Å²) in [6, 6.07) is 9.94. The number of benzene rings is 1. The average molecular weight is 478 g/mol. The van der Waals surface area contributed by atoms with Crippen LogP contribution >= 0.6 is 0 Å². The molecule has 2 N–H and O–H groups in total. The Balaban J connectivity index is 1.90. The summed E-state index contributed by atoms with van der Waals surface area (Å²) in [5.41, 5.74) is 0.729. The van der Waals surface area contributed by atoms with Crippen molar-refractivity contribution >= 4 is 11.9 Å². The van der Waals surface area contributed by atoms with Crippen LogP contribution in [0, 0.1) is 35.0 Å². The lowest BCUT2D eigenvalue weighted by Crippen LogP contribution is -2.60. The molecule has 3 aliphatic rings. The van der Waals surface area contributed by atoms with Crippen molar-refractivity contribution in [1.29, 1.82) is 0 Å². The zero-order valence-electron chi connectivity index (χ0n) is 21.3. The Morgan fingerprint density at radius 2 is 1.89 bits per heavy atom. The van der Waals surface area contributed by atoms with E-state index in [0.29, 0.717) is 12.3 Å². The van der Waals surface area contributed by atoms with Gasteiger partial charge in [-0.25, -0.2) is 0 Å². The van der Waals surface area contributed by atoms with Crippen LogP contribution in [0.15, 0.2) is 66.8 Å². The third kappa shape index (κ3) is 4.63. The van der Waals surface area contributed by atoms with Crippen molar-refractivity contribution in [3.63, 3.8) is 0 Å². The molecular formula is C30H39NO4. The summed E-state index contributed by atoms with van der Waals surface area (Å²) in [6.07, 6.45) is 8.90. The van der Waals surface area contributed by atoms with Crippen LogP contribution in [0.25, 0.3) is 0 Å². The molecule has 188 valence electrons. The second-order valence-electron chi connectivity index (χ2n) is 11.0. The van der Waals surface area contributed by atoms with Crippen LogP contribution in [-0.2, 0) is 20.7 Å². The highest BCUT2D eigenvalue weighted by molar-refractivity contribution is 5.89. The van der Waals surface area contributed by atoms with Gasteiger partial charge in [-0.05, 0) is 54.2 Å². The summed E-state index contributed by atoms with van der Waals surface area (Å²) in [5, 5.41) is 14.8. The SMILES string of the molecule is C=C1[C@@H](C)[C@H]2[C@H](Cc3ccccc3)NC(=O)[C@]23[C@H](OC(C)=O)/C=C\[C@@H](C)C[C@@H](C)C/C=C/[C@H]3[C@@H]1O. The predicted octanol–water partition coefficient (Wildman–Crippen LogP) is 4.62. The molecule has 0 aromatic heterocycles. The molecule has 35 heavy (non-hydrogen) atoms. The largest absolute Gasteiger partial charge is 0.457 e. The first-order chi connectivity index (χ1) is 16.7. The molecule has 2 fully saturated rings. The predicted molar refractivity (Wildman–Crippen MR) is 137 cm³/mol. The normalized spacial score (nSPS) is 41.1. The van der Waals surface area contributed by atoms with Gasteiger partial charge in [0.25, 0.3) is 0 Å². The molecule has 0 unspecified atom stereocenters. The quantitative estimate of drug-likeness (QED) is 0.492. The highest BCUT2D eigenvalue weighted by Crippen LogP contribution is 2.58. The Morgan fingerprint density at radius 3 is 2.57 bits per heavy atom. The number of amides is 1. The van der Waals surface area contributed by atoms with Crippen LogP contribution < -0.4 is 5.32 Å². The first-order valence-corrected chi connectivity index (χ1v) is 12.9. The number of ether oxygens (including phenoxy) is 1. The van der Waals surface area contributed by atoms with E-state index in [1.807, 2.05) is 37.3 Å². The first-order valence-electron chi connectivity index (χ1n) is 12.9. The summed E-state index contributed by atoms with van der Waals surface area (Å²) in [7, 11) is 0. The van der Waals surface area contributed by atoms with Crippen LogP contribution in [0.1, 0.15) is 46.1 Å². The minimum atomic E-state index is -1.13. The zero-order valence-corrected chi connectivity index (χ0v) is 21.3. The van der Waals surface area contributed by atoms with E-state index >= 15 is 0 Å². The van der Waals surface area contributed by atoms with Gasteiger partial charge in [0.05, 0.1) is 6.10 Å². The number of nitrogens with one attached hydrogen (secondary N) is 1. The van der Waals surface area contributed by atoms with E-state index in [2.05, 4.69) is 50.0 Å². The van der Waals surface area contributed by atoms with Gasteiger partial charge in [0.2, 0.25) is 5.91 Å². The van der Waals surface area contributed by atoms with Crippen molar-refractivity contribution in [2.45, 2.75) is 65.2 Å². The maximum atomic E-state index is 14.1. The molecule has 0 bridgehead atoms. The van der Waals surface area contributed by atoms with Gasteiger partial charge in [0.15, 0.2) is 0 Å². The van der Waals surface area contributed by atoms with Gasteiger partial charge in [-0.1, -0.05) is 75.9 Å². The van der Waals surface area contributed by atoms with Gasteiger partial charge in [-0.2, -0.15) is 0 Å². The lowest BCUT2D eigenvalue weighted by atomic mass is 9.51. The number of hydrogen-bond acceptors (Lipinski definition) is 4. The highest BCUT2D eigenvalue weighted by atomic mass is 16.5. The van der Waals surface area contributed by atoms with E-state index in [9.17, 15) is 14.7 Å². The number of rotatable bonds is 3. The second-order valence-corrected chi connectivity index (χ2v) is 11.0. The van der Waals surface area contributed by atoms with Gasteiger partial charge in [-0.3, -0.25) is 9.59 Å². The second kappa shape index (κ2) is 10.1. The number of aliphatic hydroxyl groups is 1. The Hall–Kier alpha value is -2.66. The summed E-state index contributed by atoms with van der Waals surface area (Å²) >= 11 is 0. The fourth-order valence-corrected chi connectivity index (χ4v) is 6.85. The molecule has 1 spiro atoms. The Morgan fingerprint density at radius 1 is 1.17 bits per heavy atom. The average Bonchev–Trinajstić information content (AvgIpc) is 3.08. The number of allylic oxidation sites excluding steroid dienone is 2. The first kappa shape index (κ1) is 25.4. The molecular weight excluding hydrogens is 438 g/mol. The van der Waals surface area contributed by atoms with Crippen LogP contribution in [-0.4, -0.2) is 35.2 Å².